The maximum Gasteiger partial charge on any atom is 0.129 e. The van der Waals surface area contributed by atoms with Gasteiger partial charge < -0.3 is 15.4 Å². The van der Waals surface area contributed by atoms with E-state index in [9.17, 15) is 0 Å². The number of nitrogens with two attached hydrogens (primary N) is 1. The van der Waals surface area contributed by atoms with Crippen LogP contribution in [-0.2, 0) is 4.74 Å². The Morgan fingerprint density at radius 2 is 2.26 bits per heavy atom. The minimum atomic E-state index is -0.125. The Balaban J connectivity index is 2.28. The van der Waals surface area contributed by atoms with Gasteiger partial charge in [0.25, 0.3) is 0 Å². The van der Waals surface area contributed by atoms with Gasteiger partial charge in [-0.05, 0) is 38.8 Å². The van der Waals surface area contributed by atoms with Crippen LogP contribution >= 0.6 is 0 Å². The molecule has 0 saturated carbocycles. The van der Waals surface area contributed by atoms with Crippen molar-refractivity contribution < 1.29 is 4.74 Å². The summed E-state index contributed by atoms with van der Waals surface area (Å²) in [6, 6.07) is 3.72. The summed E-state index contributed by atoms with van der Waals surface area (Å²) >= 11 is 0. The van der Waals surface area contributed by atoms with Gasteiger partial charge in [0.1, 0.15) is 11.7 Å². The zero-order valence-electron chi connectivity index (χ0n) is 11.9. The van der Waals surface area contributed by atoms with E-state index in [4.69, 9.17) is 15.9 Å². The molecular weight excluding hydrogens is 240 g/mol. The molecule has 1 aromatic rings. The molecule has 104 valence electrons. The molecule has 1 saturated heterocycles. The Labute approximate surface area is 114 Å². The van der Waals surface area contributed by atoms with Gasteiger partial charge in [-0.1, -0.05) is 0 Å². The number of rotatable bonds is 3. The lowest BCUT2D eigenvalue weighted by atomic mass is 9.94. The number of aryl methyl sites for hydroxylation is 1. The van der Waals surface area contributed by atoms with Gasteiger partial charge in [0.15, 0.2) is 0 Å². The largest absolute Gasteiger partial charge is 0.384 e. The number of aromatic nitrogens is 1. The molecule has 0 radical (unpaired) electrons. The van der Waals surface area contributed by atoms with Gasteiger partial charge in [0.2, 0.25) is 0 Å². The van der Waals surface area contributed by atoms with Crippen LogP contribution in [0.1, 0.15) is 31.0 Å². The van der Waals surface area contributed by atoms with Gasteiger partial charge in [0, 0.05) is 31.5 Å². The predicted molar refractivity (Wildman–Crippen MR) is 76.9 cm³/mol. The van der Waals surface area contributed by atoms with Crippen molar-refractivity contribution in [3.05, 3.63) is 23.4 Å². The topological polar surface area (TPSA) is 75.2 Å². The molecule has 5 heteroatoms. The summed E-state index contributed by atoms with van der Waals surface area (Å²) in [7, 11) is 1.76. The fourth-order valence-electron chi connectivity index (χ4n) is 2.54. The zero-order chi connectivity index (χ0) is 14.0. The van der Waals surface area contributed by atoms with Gasteiger partial charge in [-0.15, -0.1) is 0 Å². The lowest BCUT2D eigenvalue weighted by Gasteiger charge is -2.40. The molecule has 2 rings (SSSR count). The van der Waals surface area contributed by atoms with E-state index < -0.39 is 0 Å². The summed E-state index contributed by atoms with van der Waals surface area (Å²) in [5, 5.41) is 7.56. The molecular formula is C14H22N4O. The number of pyridine rings is 1. The quantitative estimate of drug-likeness (QED) is 0.642. The van der Waals surface area contributed by atoms with E-state index >= 15 is 0 Å². The fraction of sp³-hybridized carbons (Fsp3) is 0.571. The van der Waals surface area contributed by atoms with Crippen LogP contribution in [0.15, 0.2) is 12.1 Å². The third kappa shape index (κ3) is 3.04. The Hall–Kier alpha value is -1.62. The average Bonchev–Trinajstić information content (AvgIpc) is 2.38. The summed E-state index contributed by atoms with van der Waals surface area (Å²) in [4.78, 5) is 6.77. The smallest absolute Gasteiger partial charge is 0.129 e. The molecule has 0 bridgehead atoms. The molecule has 3 N–H and O–H groups in total. The van der Waals surface area contributed by atoms with E-state index in [0.29, 0.717) is 0 Å². The molecule has 1 fully saturated rings. The molecule has 1 atom stereocenters. The van der Waals surface area contributed by atoms with Crippen LogP contribution in [-0.4, -0.2) is 36.6 Å². The van der Waals surface area contributed by atoms with Gasteiger partial charge in [0.05, 0.1) is 5.60 Å². The highest BCUT2D eigenvalue weighted by Gasteiger charge is 2.31. The number of piperidine rings is 1. The Morgan fingerprint density at radius 1 is 1.53 bits per heavy atom. The standard InChI is InChI=1S/C14H22N4O/c1-10-7-11(13(15)16)8-12(17-10)18-6-4-5-14(2,9-18)19-3/h7-8H,4-6,9H2,1-3H3,(H3,15,16). The summed E-state index contributed by atoms with van der Waals surface area (Å²) in [5.74, 6) is 0.964. The highest BCUT2D eigenvalue weighted by Crippen LogP contribution is 2.27. The Morgan fingerprint density at radius 3 is 2.89 bits per heavy atom. The lowest BCUT2D eigenvalue weighted by Crippen LogP contribution is -2.47. The minimum absolute atomic E-state index is 0.0817. The highest BCUT2D eigenvalue weighted by atomic mass is 16.5. The molecule has 0 spiro atoms. The van der Waals surface area contributed by atoms with Crippen LogP contribution < -0.4 is 10.6 Å². The van der Waals surface area contributed by atoms with Gasteiger partial charge in [-0.2, -0.15) is 0 Å². The first-order valence-corrected chi connectivity index (χ1v) is 6.57. The number of anilines is 1. The third-order valence-electron chi connectivity index (χ3n) is 3.73. The normalized spacial score (nSPS) is 23.4. The molecule has 19 heavy (non-hydrogen) atoms. The van der Waals surface area contributed by atoms with Crippen LogP contribution in [0.3, 0.4) is 0 Å². The van der Waals surface area contributed by atoms with Crippen molar-refractivity contribution in [1.29, 1.82) is 5.41 Å². The molecule has 0 aromatic carbocycles. The summed E-state index contributed by atoms with van der Waals surface area (Å²) in [6.45, 7) is 5.83. The average molecular weight is 262 g/mol. The number of nitrogens with one attached hydrogen (secondary N) is 1. The van der Waals surface area contributed by atoms with E-state index in [1.165, 1.54) is 0 Å². The second-order valence-corrected chi connectivity index (χ2v) is 5.45. The van der Waals surface area contributed by atoms with Crippen LogP contribution in [0.4, 0.5) is 5.82 Å². The number of hydrogen-bond acceptors (Lipinski definition) is 4. The van der Waals surface area contributed by atoms with E-state index in [1.807, 2.05) is 19.1 Å². The van der Waals surface area contributed by atoms with E-state index in [0.717, 1.165) is 43.0 Å². The SMILES string of the molecule is COC1(C)CCCN(c2cc(C(=N)N)cc(C)n2)C1. The van der Waals surface area contributed by atoms with Crippen molar-refractivity contribution >= 4 is 11.7 Å². The van der Waals surface area contributed by atoms with Crippen molar-refractivity contribution in [3.63, 3.8) is 0 Å². The number of nitrogen functional groups attached to an aromatic ring is 1. The summed E-state index contributed by atoms with van der Waals surface area (Å²) in [6.07, 6.45) is 2.14. The van der Waals surface area contributed by atoms with E-state index in [-0.39, 0.29) is 11.4 Å². The van der Waals surface area contributed by atoms with E-state index in [2.05, 4.69) is 16.8 Å². The van der Waals surface area contributed by atoms with Gasteiger partial charge in [-0.25, -0.2) is 4.98 Å². The fourth-order valence-corrected chi connectivity index (χ4v) is 2.54. The van der Waals surface area contributed by atoms with Crippen molar-refractivity contribution in [2.24, 2.45) is 5.73 Å². The Bertz CT molecular complexity index is 488. The van der Waals surface area contributed by atoms with Gasteiger partial charge >= 0.3 is 0 Å². The number of ether oxygens (including phenoxy) is 1. The predicted octanol–water partition coefficient (Wildman–Crippen LogP) is 1.68. The van der Waals surface area contributed by atoms with Crippen LogP contribution in [0.2, 0.25) is 0 Å². The summed E-state index contributed by atoms with van der Waals surface area (Å²) in [5.41, 5.74) is 7.06. The third-order valence-corrected chi connectivity index (χ3v) is 3.73. The maximum atomic E-state index is 7.56. The van der Waals surface area contributed by atoms with Gasteiger partial charge in [-0.3, -0.25) is 5.41 Å². The first-order chi connectivity index (χ1) is 8.93. The first kappa shape index (κ1) is 13.8. The number of hydrogen-bond donors (Lipinski definition) is 2. The monoisotopic (exact) mass is 262 g/mol. The lowest BCUT2D eigenvalue weighted by molar-refractivity contribution is -0.00482. The number of methoxy groups -OCH3 is 1. The van der Waals surface area contributed by atoms with Crippen molar-refractivity contribution in [2.45, 2.75) is 32.3 Å². The molecule has 1 unspecified atom stereocenters. The number of nitrogens with zero attached hydrogens (tertiary/aromatic N) is 2. The minimum Gasteiger partial charge on any atom is -0.384 e. The highest BCUT2D eigenvalue weighted by molar-refractivity contribution is 5.95. The van der Waals surface area contributed by atoms with Crippen LogP contribution in [0, 0.1) is 12.3 Å². The second-order valence-electron chi connectivity index (χ2n) is 5.45. The second kappa shape index (κ2) is 5.17. The molecule has 0 amide bonds. The zero-order valence-corrected chi connectivity index (χ0v) is 11.9. The molecule has 0 aliphatic carbocycles. The van der Waals surface area contributed by atoms with Crippen LogP contribution in [0.5, 0.6) is 0 Å². The van der Waals surface area contributed by atoms with E-state index in [1.54, 1.807) is 7.11 Å². The summed E-state index contributed by atoms with van der Waals surface area (Å²) < 4.78 is 5.60. The Kier molecular flexibility index (Phi) is 3.75. The first-order valence-electron chi connectivity index (χ1n) is 6.57. The van der Waals surface area contributed by atoms with Crippen molar-refractivity contribution in [3.8, 4) is 0 Å². The van der Waals surface area contributed by atoms with Crippen molar-refractivity contribution in [2.75, 3.05) is 25.1 Å². The van der Waals surface area contributed by atoms with Crippen LogP contribution in [0.25, 0.3) is 0 Å². The molecule has 1 aliphatic rings. The maximum absolute atomic E-state index is 7.56. The number of amidine groups is 1. The molecule has 5 nitrogen and oxygen atoms in total. The molecule has 1 aliphatic heterocycles. The molecule has 1 aromatic heterocycles. The van der Waals surface area contributed by atoms with Crippen molar-refractivity contribution in [1.82, 2.24) is 4.98 Å². The molecule has 2 heterocycles.